The first kappa shape index (κ1) is 20.5. The van der Waals surface area contributed by atoms with Crippen molar-refractivity contribution >= 4 is 39.2 Å². The largest absolute Gasteiger partial charge is 0.462 e. The number of aryl methyl sites for hydroxylation is 2. The van der Waals surface area contributed by atoms with E-state index in [0.717, 1.165) is 72.1 Å². The quantitative estimate of drug-likeness (QED) is 0.575. The van der Waals surface area contributed by atoms with Gasteiger partial charge >= 0.3 is 5.97 Å². The van der Waals surface area contributed by atoms with Gasteiger partial charge in [0.1, 0.15) is 11.4 Å². The van der Waals surface area contributed by atoms with Gasteiger partial charge in [0.2, 0.25) is 5.13 Å². The summed E-state index contributed by atoms with van der Waals surface area (Å²) in [5.74, 6) is 0.581. The number of aromatic nitrogens is 3. The highest BCUT2D eigenvalue weighted by Crippen LogP contribution is 2.32. The molecule has 1 aromatic carbocycles. The van der Waals surface area contributed by atoms with E-state index in [1.807, 2.05) is 19.1 Å². The van der Waals surface area contributed by atoms with E-state index < -0.39 is 0 Å². The van der Waals surface area contributed by atoms with Crippen molar-refractivity contribution in [3.8, 4) is 0 Å². The molecule has 0 amide bonds. The normalized spacial score (nSPS) is 14.8. The van der Waals surface area contributed by atoms with E-state index in [-0.39, 0.29) is 5.97 Å². The lowest BCUT2D eigenvalue weighted by Gasteiger charge is -2.26. The van der Waals surface area contributed by atoms with Gasteiger partial charge in [0.05, 0.1) is 17.8 Å². The second-order valence-corrected chi connectivity index (χ2v) is 8.17. The topological polar surface area (TPSA) is 71.5 Å². The third kappa shape index (κ3) is 4.09. The lowest BCUT2D eigenvalue weighted by Crippen LogP contribution is -2.32. The number of esters is 1. The van der Waals surface area contributed by atoms with Crippen LogP contribution in [-0.2, 0) is 11.2 Å². The van der Waals surface area contributed by atoms with Crippen LogP contribution in [0.25, 0.3) is 10.9 Å². The van der Waals surface area contributed by atoms with Crippen molar-refractivity contribution in [3.05, 3.63) is 41.3 Å². The van der Waals surface area contributed by atoms with Gasteiger partial charge in [-0.2, -0.15) is 4.37 Å². The molecule has 1 saturated heterocycles. The van der Waals surface area contributed by atoms with Crippen molar-refractivity contribution in [2.45, 2.75) is 33.6 Å². The number of ether oxygens (including phenoxy) is 1. The smallest absolute Gasteiger partial charge is 0.341 e. The molecule has 7 nitrogen and oxygen atoms in total. The van der Waals surface area contributed by atoms with Gasteiger partial charge in [0, 0.05) is 55.7 Å². The van der Waals surface area contributed by atoms with Crippen molar-refractivity contribution in [1.82, 2.24) is 14.3 Å². The zero-order valence-electron chi connectivity index (χ0n) is 17.7. The minimum Gasteiger partial charge on any atom is -0.462 e. The molecule has 8 heteroatoms. The van der Waals surface area contributed by atoms with E-state index >= 15 is 0 Å². The molecule has 2 aromatic heterocycles. The van der Waals surface area contributed by atoms with Gasteiger partial charge < -0.3 is 14.5 Å². The Kier molecular flexibility index (Phi) is 6.13. The third-order valence-corrected chi connectivity index (χ3v) is 6.16. The number of benzene rings is 1. The molecule has 158 valence electrons. The van der Waals surface area contributed by atoms with Crippen LogP contribution in [0, 0.1) is 6.92 Å². The number of hydrogen-bond acceptors (Lipinski definition) is 8. The Labute approximate surface area is 180 Å². The van der Waals surface area contributed by atoms with Gasteiger partial charge in [-0.3, -0.25) is 4.98 Å². The minimum absolute atomic E-state index is 0.318. The summed E-state index contributed by atoms with van der Waals surface area (Å²) in [5, 5.41) is 1.98. The van der Waals surface area contributed by atoms with Crippen LogP contribution in [0.1, 0.15) is 42.0 Å². The summed E-state index contributed by atoms with van der Waals surface area (Å²) in [7, 11) is 0. The number of nitrogens with zero attached hydrogens (tertiary/aromatic N) is 5. The van der Waals surface area contributed by atoms with Gasteiger partial charge in [-0.05, 0) is 32.4 Å². The number of carbonyl (C=O) groups is 1. The molecule has 1 aliphatic heterocycles. The predicted octanol–water partition coefficient (Wildman–Crippen LogP) is 3.85. The van der Waals surface area contributed by atoms with Crippen LogP contribution in [0.2, 0.25) is 0 Å². The molecule has 3 aromatic rings. The molecule has 0 spiro atoms. The highest BCUT2D eigenvalue weighted by Gasteiger charge is 2.25. The highest BCUT2D eigenvalue weighted by atomic mass is 32.1. The van der Waals surface area contributed by atoms with Crippen LogP contribution < -0.4 is 9.80 Å². The van der Waals surface area contributed by atoms with Gasteiger partial charge in [0.25, 0.3) is 0 Å². The summed E-state index contributed by atoms with van der Waals surface area (Å²) in [6.07, 6.45) is 3.48. The Morgan fingerprint density at radius 1 is 1.17 bits per heavy atom. The molecular formula is C22H27N5O2S. The molecule has 3 heterocycles. The zero-order valence-corrected chi connectivity index (χ0v) is 18.5. The van der Waals surface area contributed by atoms with E-state index in [1.54, 1.807) is 6.20 Å². The Bertz CT molecular complexity index is 1050. The lowest BCUT2D eigenvalue weighted by atomic mass is 10.1. The van der Waals surface area contributed by atoms with E-state index in [2.05, 4.69) is 44.1 Å². The SMILES string of the molecule is CCOC(=O)c1cnc2ccc(C)cc2c1N1CCCN(c2nc(CC)ns2)CC1. The Morgan fingerprint density at radius 2 is 1.97 bits per heavy atom. The van der Waals surface area contributed by atoms with Crippen molar-refractivity contribution in [3.63, 3.8) is 0 Å². The van der Waals surface area contributed by atoms with Crippen LogP contribution in [0.15, 0.2) is 24.4 Å². The first-order valence-electron chi connectivity index (χ1n) is 10.5. The summed E-state index contributed by atoms with van der Waals surface area (Å²) in [4.78, 5) is 26.5. The Morgan fingerprint density at radius 3 is 2.73 bits per heavy atom. The minimum atomic E-state index is -0.318. The molecule has 0 N–H and O–H groups in total. The highest BCUT2D eigenvalue weighted by molar-refractivity contribution is 7.09. The van der Waals surface area contributed by atoms with Crippen LogP contribution in [-0.4, -0.2) is 53.1 Å². The van der Waals surface area contributed by atoms with Gasteiger partial charge in [-0.1, -0.05) is 18.6 Å². The van der Waals surface area contributed by atoms with Crippen LogP contribution >= 0.6 is 11.5 Å². The number of fused-ring (bicyclic) bond motifs is 1. The summed E-state index contributed by atoms with van der Waals surface area (Å²) in [6.45, 7) is 9.70. The van der Waals surface area contributed by atoms with E-state index in [1.165, 1.54) is 11.5 Å². The molecule has 0 bridgehead atoms. The fourth-order valence-corrected chi connectivity index (χ4v) is 4.64. The number of pyridine rings is 1. The fraction of sp³-hybridized carbons (Fsp3) is 0.455. The summed E-state index contributed by atoms with van der Waals surface area (Å²) in [5.41, 5.74) is 3.49. The van der Waals surface area contributed by atoms with E-state index in [4.69, 9.17) is 4.74 Å². The Balaban J connectivity index is 1.69. The van der Waals surface area contributed by atoms with E-state index in [9.17, 15) is 4.79 Å². The van der Waals surface area contributed by atoms with Crippen LogP contribution in [0.4, 0.5) is 10.8 Å². The van der Waals surface area contributed by atoms with Gasteiger partial charge in [-0.15, -0.1) is 0 Å². The summed E-state index contributed by atoms with van der Waals surface area (Å²) >= 11 is 1.47. The van der Waals surface area contributed by atoms with Crippen LogP contribution in [0.5, 0.6) is 0 Å². The molecule has 0 unspecified atom stereocenters. The average Bonchev–Trinajstić information content (AvgIpc) is 3.10. The molecular weight excluding hydrogens is 398 g/mol. The number of rotatable bonds is 5. The first-order valence-corrected chi connectivity index (χ1v) is 11.3. The number of hydrogen-bond donors (Lipinski definition) is 0. The standard InChI is InChI=1S/C22H27N5O2S/c1-4-19-24-22(30-25-19)27-10-6-9-26(11-12-27)20-16-13-15(3)7-8-18(16)23-14-17(20)21(28)29-5-2/h7-8,13-14H,4-6,9-12H2,1-3H3. The van der Waals surface area contributed by atoms with Gasteiger partial charge in [0.15, 0.2) is 0 Å². The summed E-state index contributed by atoms with van der Waals surface area (Å²) in [6, 6.07) is 6.18. The molecule has 4 rings (SSSR count). The Hall–Kier alpha value is -2.74. The van der Waals surface area contributed by atoms with E-state index in [0.29, 0.717) is 12.2 Å². The molecule has 30 heavy (non-hydrogen) atoms. The van der Waals surface area contributed by atoms with Crippen molar-refractivity contribution in [2.75, 3.05) is 42.6 Å². The molecule has 0 aliphatic carbocycles. The van der Waals surface area contributed by atoms with Crippen LogP contribution in [0.3, 0.4) is 0 Å². The maximum atomic E-state index is 12.7. The van der Waals surface area contributed by atoms with Crippen molar-refractivity contribution in [2.24, 2.45) is 0 Å². The molecule has 1 aliphatic rings. The maximum Gasteiger partial charge on any atom is 0.341 e. The molecule has 0 radical (unpaired) electrons. The first-order chi connectivity index (χ1) is 14.6. The molecule has 0 saturated carbocycles. The maximum absolute atomic E-state index is 12.7. The lowest BCUT2D eigenvalue weighted by molar-refractivity contribution is 0.0527. The van der Waals surface area contributed by atoms with Gasteiger partial charge in [-0.25, -0.2) is 9.78 Å². The molecule has 1 fully saturated rings. The summed E-state index contributed by atoms with van der Waals surface area (Å²) < 4.78 is 9.77. The monoisotopic (exact) mass is 425 g/mol. The fourth-order valence-electron chi connectivity index (χ4n) is 3.84. The predicted molar refractivity (Wildman–Crippen MR) is 121 cm³/mol. The average molecular weight is 426 g/mol. The third-order valence-electron chi connectivity index (χ3n) is 5.35. The second-order valence-electron chi connectivity index (χ2n) is 7.44. The van der Waals surface area contributed by atoms with Crippen molar-refractivity contribution in [1.29, 1.82) is 0 Å². The zero-order chi connectivity index (χ0) is 21.1. The number of anilines is 2. The molecule has 0 atom stereocenters. The second kappa shape index (κ2) is 8.95. The van der Waals surface area contributed by atoms with Crippen molar-refractivity contribution < 1.29 is 9.53 Å². The number of carbonyl (C=O) groups excluding carboxylic acids is 1.